The van der Waals surface area contributed by atoms with Gasteiger partial charge >= 0.3 is 0 Å². The van der Waals surface area contributed by atoms with Gasteiger partial charge < -0.3 is 5.11 Å². The zero-order chi connectivity index (χ0) is 15.5. The van der Waals surface area contributed by atoms with Crippen LogP contribution in [0.1, 0.15) is 43.2 Å². The molecule has 1 aromatic rings. The van der Waals surface area contributed by atoms with Gasteiger partial charge in [0.2, 0.25) is 10.0 Å². The molecule has 0 aromatic heterocycles. The standard InChI is InChI=1S/C15H20N2O3S/c1-12-9-14(6-5-13(12)10-16)21(19,20)17-15(11-18)7-3-2-4-8-15/h5-6,9,17-18H,2-4,7-8,11H2,1H3. The summed E-state index contributed by atoms with van der Waals surface area (Å²) in [6.07, 6.45) is 4.19. The zero-order valence-corrected chi connectivity index (χ0v) is 12.9. The van der Waals surface area contributed by atoms with Gasteiger partial charge in [0.15, 0.2) is 0 Å². The Balaban J connectivity index is 2.29. The molecule has 0 amide bonds. The lowest BCUT2D eigenvalue weighted by Crippen LogP contribution is -2.52. The van der Waals surface area contributed by atoms with Crippen molar-refractivity contribution in [2.75, 3.05) is 6.61 Å². The van der Waals surface area contributed by atoms with Gasteiger partial charge in [-0.15, -0.1) is 0 Å². The zero-order valence-electron chi connectivity index (χ0n) is 12.1. The molecule has 0 unspecified atom stereocenters. The van der Waals surface area contributed by atoms with E-state index in [1.807, 2.05) is 6.07 Å². The van der Waals surface area contributed by atoms with Crippen molar-refractivity contribution in [2.45, 2.75) is 49.5 Å². The number of nitrogens with zero attached hydrogens (tertiary/aromatic N) is 1. The van der Waals surface area contributed by atoms with Crippen LogP contribution in [0.15, 0.2) is 23.1 Å². The molecule has 0 saturated heterocycles. The molecule has 21 heavy (non-hydrogen) atoms. The quantitative estimate of drug-likeness (QED) is 0.888. The third kappa shape index (κ3) is 3.43. The summed E-state index contributed by atoms with van der Waals surface area (Å²) in [5.74, 6) is 0. The molecule has 1 fully saturated rings. The minimum absolute atomic E-state index is 0.136. The second-order valence-corrected chi connectivity index (χ2v) is 7.38. The van der Waals surface area contributed by atoms with Crippen molar-refractivity contribution in [3.05, 3.63) is 29.3 Å². The van der Waals surface area contributed by atoms with Crippen LogP contribution in [0.4, 0.5) is 0 Å². The van der Waals surface area contributed by atoms with Crippen LogP contribution in [-0.4, -0.2) is 25.7 Å². The van der Waals surface area contributed by atoms with E-state index in [-0.39, 0.29) is 11.5 Å². The lowest BCUT2D eigenvalue weighted by molar-refractivity contribution is 0.142. The number of sulfonamides is 1. The van der Waals surface area contributed by atoms with Crippen molar-refractivity contribution >= 4 is 10.0 Å². The Labute approximate surface area is 125 Å². The molecule has 1 aliphatic carbocycles. The van der Waals surface area contributed by atoms with Crippen LogP contribution in [0, 0.1) is 18.3 Å². The van der Waals surface area contributed by atoms with E-state index in [1.165, 1.54) is 18.2 Å². The van der Waals surface area contributed by atoms with Gasteiger partial charge in [0.25, 0.3) is 0 Å². The van der Waals surface area contributed by atoms with E-state index in [2.05, 4.69) is 4.72 Å². The Hall–Kier alpha value is -1.42. The molecule has 2 N–H and O–H groups in total. The lowest BCUT2D eigenvalue weighted by atomic mass is 9.83. The molecule has 1 aliphatic rings. The molecule has 0 spiro atoms. The number of benzene rings is 1. The Kier molecular flexibility index (Phi) is 4.67. The van der Waals surface area contributed by atoms with Crippen molar-refractivity contribution < 1.29 is 13.5 Å². The molecule has 1 saturated carbocycles. The second-order valence-electron chi connectivity index (χ2n) is 5.69. The van der Waals surface area contributed by atoms with Crippen LogP contribution < -0.4 is 4.72 Å². The smallest absolute Gasteiger partial charge is 0.241 e. The summed E-state index contributed by atoms with van der Waals surface area (Å²) in [6, 6.07) is 6.46. The minimum atomic E-state index is -3.70. The maximum absolute atomic E-state index is 12.5. The summed E-state index contributed by atoms with van der Waals surface area (Å²) in [7, 11) is -3.70. The van der Waals surface area contributed by atoms with Crippen LogP contribution in [0.25, 0.3) is 0 Å². The molecule has 0 radical (unpaired) electrons. The van der Waals surface area contributed by atoms with Gasteiger partial charge in [-0.2, -0.15) is 5.26 Å². The van der Waals surface area contributed by atoms with Crippen LogP contribution in [0.5, 0.6) is 0 Å². The van der Waals surface area contributed by atoms with Gasteiger partial charge in [-0.3, -0.25) is 0 Å². The van der Waals surface area contributed by atoms with Crippen molar-refractivity contribution in [1.82, 2.24) is 4.72 Å². The van der Waals surface area contributed by atoms with Gasteiger partial charge in [-0.25, -0.2) is 13.1 Å². The molecule has 0 heterocycles. The lowest BCUT2D eigenvalue weighted by Gasteiger charge is -2.36. The maximum Gasteiger partial charge on any atom is 0.241 e. The molecule has 2 rings (SSSR count). The molecule has 6 heteroatoms. The number of nitriles is 1. The Morgan fingerprint density at radius 2 is 2.00 bits per heavy atom. The molecule has 0 atom stereocenters. The monoisotopic (exact) mass is 308 g/mol. The van der Waals surface area contributed by atoms with Crippen molar-refractivity contribution in [3.63, 3.8) is 0 Å². The Bertz CT molecular complexity index is 656. The summed E-state index contributed by atoms with van der Waals surface area (Å²) in [6.45, 7) is 1.52. The van der Waals surface area contributed by atoms with E-state index in [1.54, 1.807) is 6.92 Å². The predicted molar refractivity (Wildman–Crippen MR) is 79.1 cm³/mol. The highest BCUT2D eigenvalue weighted by Crippen LogP contribution is 2.29. The van der Waals surface area contributed by atoms with E-state index in [0.29, 0.717) is 24.0 Å². The first kappa shape index (κ1) is 16.0. The molecule has 1 aromatic carbocycles. The predicted octanol–water partition coefficient (Wildman–Crippen LogP) is 1.84. The summed E-state index contributed by atoms with van der Waals surface area (Å²) in [4.78, 5) is 0.136. The van der Waals surface area contributed by atoms with Gasteiger partial charge in [0.05, 0.1) is 28.7 Å². The fraction of sp³-hybridized carbons (Fsp3) is 0.533. The third-order valence-electron chi connectivity index (χ3n) is 4.09. The van der Waals surface area contributed by atoms with Crippen LogP contribution in [0.3, 0.4) is 0 Å². The number of aryl methyl sites for hydroxylation is 1. The average molecular weight is 308 g/mol. The van der Waals surface area contributed by atoms with E-state index < -0.39 is 15.6 Å². The van der Waals surface area contributed by atoms with Gasteiger partial charge in [-0.1, -0.05) is 19.3 Å². The van der Waals surface area contributed by atoms with Crippen LogP contribution >= 0.6 is 0 Å². The van der Waals surface area contributed by atoms with Crippen LogP contribution in [0.2, 0.25) is 0 Å². The molecule has 114 valence electrons. The number of nitrogens with one attached hydrogen (secondary N) is 1. The molecule has 5 nitrogen and oxygen atoms in total. The Morgan fingerprint density at radius 3 is 2.52 bits per heavy atom. The summed E-state index contributed by atoms with van der Waals surface area (Å²) < 4.78 is 27.7. The first-order valence-corrected chi connectivity index (χ1v) is 8.56. The Morgan fingerprint density at radius 1 is 1.33 bits per heavy atom. The van der Waals surface area contributed by atoms with Crippen molar-refractivity contribution in [1.29, 1.82) is 5.26 Å². The summed E-state index contributed by atoms with van der Waals surface area (Å²) in [5.41, 5.74) is 0.337. The SMILES string of the molecule is Cc1cc(S(=O)(=O)NC2(CO)CCCCC2)ccc1C#N. The third-order valence-corrected chi connectivity index (χ3v) is 5.67. The minimum Gasteiger partial charge on any atom is -0.394 e. The first-order valence-electron chi connectivity index (χ1n) is 7.08. The number of hydrogen-bond donors (Lipinski definition) is 2. The highest BCUT2D eigenvalue weighted by atomic mass is 32.2. The summed E-state index contributed by atoms with van der Waals surface area (Å²) in [5, 5.41) is 18.5. The molecular formula is C15H20N2O3S. The van der Waals surface area contributed by atoms with Crippen molar-refractivity contribution in [2.24, 2.45) is 0 Å². The largest absolute Gasteiger partial charge is 0.394 e. The fourth-order valence-electron chi connectivity index (χ4n) is 2.79. The van der Waals surface area contributed by atoms with E-state index >= 15 is 0 Å². The normalized spacial score (nSPS) is 18.1. The van der Waals surface area contributed by atoms with E-state index in [9.17, 15) is 13.5 Å². The maximum atomic E-state index is 12.5. The molecule has 0 bridgehead atoms. The molecular weight excluding hydrogens is 288 g/mol. The highest BCUT2D eigenvalue weighted by Gasteiger charge is 2.36. The fourth-order valence-corrected chi connectivity index (χ4v) is 4.33. The number of aliphatic hydroxyl groups excluding tert-OH is 1. The second kappa shape index (κ2) is 6.14. The average Bonchev–Trinajstić information content (AvgIpc) is 2.47. The molecule has 0 aliphatic heterocycles. The van der Waals surface area contributed by atoms with Crippen LogP contribution in [-0.2, 0) is 10.0 Å². The van der Waals surface area contributed by atoms with Gasteiger partial charge in [0.1, 0.15) is 0 Å². The van der Waals surface area contributed by atoms with Crippen molar-refractivity contribution in [3.8, 4) is 6.07 Å². The van der Waals surface area contributed by atoms with Gasteiger partial charge in [-0.05, 0) is 43.5 Å². The van der Waals surface area contributed by atoms with Gasteiger partial charge in [0, 0.05) is 0 Å². The topological polar surface area (TPSA) is 90.2 Å². The van der Waals surface area contributed by atoms with E-state index in [0.717, 1.165) is 19.3 Å². The number of rotatable bonds is 4. The summed E-state index contributed by atoms with van der Waals surface area (Å²) >= 11 is 0. The number of aliphatic hydroxyl groups is 1. The highest BCUT2D eigenvalue weighted by molar-refractivity contribution is 7.89. The number of hydrogen-bond acceptors (Lipinski definition) is 4. The first-order chi connectivity index (χ1) is 9.92. The van der Waals surface area contributed by atoms with E-state index in [4.69, 9.17) is 5.26 Å².